The van der Waals surface area contributed by atoms with E-state index in [1.165, 1.54) is 6.07 Å². The number of halogens is 2. The molecule has 0 saturated heterocycles. The Balaban J connectivity index is 2.27. The zero-order valence-electron chi connectivity index (χ0n) is 11.0. The summed E-state index contributed by atoms with van der Waals surface area (Å²) in [5, 5.41) is 7.05. The molecule has 0 aliphatic heterocycles. The predicted molar refractivity (Wildman–Crippen MR) is 84.4 cm³/mol. The number of hydrogen-bond donors (Lipinski definition) is 1. The summed E-state index contributed by atoms with van der Waals surface area (Å²) < 4.78 is 16.2. The van der Waals surface area contributed by atoms with E-state index in [2.05, 4.69) is 31.1 Å². The second kappa shape index (κ2) is 5.50. The van der Waals surface area contributed by atoms with E-state index in [0.717, 1.165) is 16.8 Å². The number of nitrogens with zero attached hydrogens (tertiary/aromatic N) is 3. The number of rotatable bonds is 2. The van der Waals surface area contributed by atoms with E-state index in [1.807, 2.05) is 19.1 Å². The van der Waals surface area contributed by atoms with Crippen LogP contribution in [-0.4, -0.2) is 19.7 Å². The molecule has 0 aliphatic carbocycles. The lowest BCUT2D eigenvalue weighted by molar-refractivity contribution is 0.619. The molecule has 4 nitrogen and oxygen atoms in total. The molecule has 3 aromatic rings. The zero-order valence-corrected chi connectivity index (χ0v) is 13.4. The number of hydrogen-bond acceptors (Lipinski definition) is 3. The largest absolute Gasteiger partial charge is 0.268 e. The number of H-pyrrole nitrogens is 1. The van der Waals surface area contributed by atoms with Gasteiger partial charge in [-0.15, -0.1) is 0 Å². The van der Waals surface area contributed by atoms with Gasteiger partial charge < -0.3 is 0 Å². The Bertz CT molecular complexity index is 857. The molecule has 1 N–H and O–H groups in total. The minimum absolute atomic E-state index is 0.309. The molecule has 2 aromatic heterocycles. The molecule has 0 spiro atoms. The molecule has 0 saturated carbocycles. The van der Waals surface area contributed by atoms with Crippen LogP contribution in [-0.2, 0) is 0 Å². The molecule has 7 heteroatoms. The topological polar surface area (TPSA) is 46.5 Å². The van der Waals surface area contributed by atoms with E-state index >= 15 is 0 Å². The van der Waals surface area contributed by atoms with Gasteiger partial charge in [-0.2, -0.15) is 5.10 Å². The van der Waals surface area contributed by atoms with E-state index in [1.54, 1.807) is 23.0 Å². The van der Waals surface area contributed by atoms with Gasteiger partial charge in [0, 0.05) is 18.0 Å². The van der Waals surface area contributed by atoms with E-state index in [-0.39, 0.29) is 5.82 Å². The highest BCUT2D eigenvalue weighted by atomic mass is 79.9. The highest BCUT2D eigenvalue weighted by Crippen LogP contribution is 2.27. The van der Waals surface area contributed by atoms with Crippen molar-refractivity contribution in [1.29, 1.82) is 0 Å². The first-order valence-electron chi connectivity index (χ1n) is 6.12. The molecule has 0 fully saturated rings. The van der Waals surface area contributed by atoms with Crippen molar-refractivity contribution in [2.75, 3.05) is 0 Å². The highest BCUT2D eigenvalue weighted by Gasteiger charge is 2.14. The second-order valence-corrected chi connectivity index (χ2v) is 5.72. The molecule has 106 valence electrons. The molecule has 3 rings (SSSR count). The van der Waals surface area contributed by atoms with Crippen molar-refractivity contribution in [2.45, 2.75) is 6.92 Å². The quantitative estimate of drug-likeness (QED) is 0.693. The molecule has 0 amide bonds. The zero-order chi connectivity index (χ0) is 15.0. The van der Waals surface area contributed by atoms with Gasteiger partial charge in [0.1, 0.15) is 5.82 Å². The summed E-state index contributed by atoms with van der Waals surface area (Å²) in [5.74, 6) is 0.348. The molecule has 0 bridgehead atoms. The number of aryl methyl sites for hydroxylation is 1. The molecule has 0 unspecified atom stereocenters. The Kier molecular flexibility index (Phi) is 3.69. The Hall–Kier alpha value is -1.86. The van der Waals surface area contributed by atoms with Gasteiger partial charge in [0.2, 0.25) is 0 Å². The Labute approximate surface area is 133 Å². The van der Waals surface area contributed by atoms with E-state index in [0.29, 0.717) is 15.1 Å². The van der Waals surface area contributed by atoms with Gasteiger partial charge in [0.15, 0.2) is 10.6 Å². The average Bonchev–Trinajstić information content (AvgIpc) is 2.85. The maximum atomic E-state index is 13.6. The highest BCUT2D eigenvalue weighted by molar-refractivity contribution is 9.10. The summed E-state index contributed by atoms with van der Waals surface area (Å²) in [7, 11) is 0. The lowest BCUT2D eigenvalue weighted by atomic mass is 10.2. The van der Waals surface area contributed by atoms with Crippen LogP contribution >= 0.6 is 28.1 Å². The van der Waals surface area contributed by atoms with Crippen molar-refractivity contribution < 1.29 is 4.39 Å². The van der Waals surface area contributed by atoms with Crippen LogP contribution in [0.2, 0.25) is 0 Å². The normalized spacial score (nSPS) is 10.8. The Morgan fingerprint density at radius 2 is 2.00 bits per heavy atom. The summed E-state index contributed by atoms with van der Waals surface area (Å²) in [5.41, 5.74) is 2.41. The summed E-state index contributed by atoms with van der Waals surface area (Å²) in [6.07, 6.45) is 3.37. The maximum absolute atomic E-state index is 13.6. The third-order valence-corrected chi connectivity index (χ3v) is 3.97. The first-order valence-corrected chi connectivity index (χ1v) is 7.32. The average molecular weight is 365 g/mol. The fraction of sp³-hybridized carbons (Fsp3) is 0.0714. The predicted octanol–water partition coefficient (Wildman–Crippen LogP) is 4.20. The molecular formula is C14H10BrFN4S. The van der Waals surface area contributed by atoms with Crippen molar-refractivity contribution >= 4 is 28.1 Å². The SMILES string of the molecule is Cc1cc(F)c(Br)cc1-n1c(-c2ccncc2)n[nH]c1=S. The van der Waals surface area contributed by atoms with E-state index in [9.17, 15) is 4.39 Å². The van der Waals surface area contributed by atoms with E-state index < -0.39 is 0 Å². The second-order valence-electron chi connectivity index (χ2n) is 4.48. The molecule has 2 heterocycles. The molecule has 0 aliphatic rings. The van der Waals surface area contributed by atoms with Crippen molar-refractivity contribution in [2.24, 2.45) is 0 Å². The van der Waals surface area contributed by atoms with Gasteiger partial charge in [0.05, 0.1) is 10.2 Å². The van der Waals surface area contributed by atoms with Gasteiger partial charge in [-0.05, 0) is 64.9 Å². The van der Waals surface area contributed by atoms with Crippen LogP contribution in [0.4, 0.5) is 4.39 Å². The summed E-state index contributed by atoms with van der Waals surface area (Å²) in [4.78, 5) is 3.99. The lowest BCUT2D eigenvalue weighted by Crippen LogP contribution is -2.01. The smallest absolute Gasteiger partial charge is 0.200 e. The Morgan fingerprint density at radius 3 is 2.71 bits per heavy atom. The first kappa shape index (κ1) is 14.1. The molecule has 0 atom stereocenters. The van der Waals surface area contributed by atoms with Crippen LogP contribution in [0.25, 0.3) is 17.1 Å². The number of aromatic nitrogens is 4. The van der Waals surface area contributed by atoms with Crippen LogP contribution < -0.4 is 0 Å². The van der Waals surface area contributed by atoms with Crippen molar-refractivity contribution in [1.82, 2.24) is 19.7 Å². The molecule has 1 aromatic carbocycles. The Morgan fingerprint density at radius 1 is 1.29 bits per heavy atom. The van der Waals surface area contributed by atoms with Crippen molar-refractivity contribution in [3.05, 3.63) is 57.3 Å². The van der Waals surface area contributed by atoms with Crippen molar-refractivity contribution in [3.8, 4) is 17.1 Å². The van der Waals surface area contributed by atoms with Gasteiger partial charge in [-0.3, -0.25) is 14.6 Å². The fourth-order valence-corrected chi connectivity index (χ4v) is 2.65. The van der Waals surface area contributed by atoms with Gasteiger partial charge in [-0.1, -0.05) is 0 Å². The number of benzene rings is 1. The van der Waals surface area contributed by atoms with Gasteiger partial charge in [0.25, 0.3) is 0 Å². The number of pyridine rings is 1. The van der Waals surface area contributed by atoms with Crippen LogP contribution in [0.5, 0.6) is 0 Å². The third kappa shape index (κ3) is 2.54. The standard InChI is InChI=1S/C14H10BrFN4S/c1-8-6-11(16)10(15)7-12(8)20-13(18-19-14(20)21)9-2-4-17-5-3-9/h2-7H,1H3,(H,19,21). The fourth-order valence-electron chi connectivity index (χ4n) is 2.09. The monoisotopic (exact) mass is 364 g/mol. The van der Waals surface area contributed by atoms with Crippen LogP contribution in [0.1, 0.15) is 5.56 Å². The van der Waals surface area contributed by atoms with Crippen LogP contribution in [0.15, 0.2) is 41.1 Å². The minimum Gasteiger partial charge on any atom is -0.268 e. The van der Waals surface area contributed by atoms with Crippen molar-refractivity contribution in [3.63, 3.8) is 0 Å². The van der Waals surface area contributed by atoms with Gasteiger partial charge >= 0.3 is 0 Å². The molecule has 21 heavy (non-hydrogen) atoms. The maximum Gasteiger partial charge on any atom is 0.200 e. The lowest BCUT2D eigenvalue weighted by Gasteiger charge is -2.11. The number of aromatic amines is 1. The van der Waals surface area contributed by atoms with Gasteiger partial charge in [-0.25, -0.2) is 4.39 Å². The summed E-state index contributed by atoms with van der Waals surface area (Å²) >= 11 is 8.52. The minimum atomic E-state index is -0.309. The van der Waals surface area contributed by atoms with Crippen LogP contribution in [0, 0.1) is 17.5 Å². The van der Waals surface area contributed by atoms with E-state index in [4.69, 9.17) is 12.2 Å². The van der Waals surface area contributed by atoms with Crippen LogP contribution in [0.3, 0.4) is 0 Å². The number of nitrogens with one attached hydrogen (secondary N) is 1. The molecular weight excluding hydrogens is 355 g/mol. The molecule has 0 radical (unpaired) electrons. The third-order valence-electron chi connectivity index (χ3n) is 3.09. The summed E-state index contributed by atoms with van der Waals surface area (Å²) in [6, 6.07) is 6.84. The first-order chi connectivity index (χ1) is 10.1. The summed E-state index contributed by atoms with van der Waals surface area (Å²) in [6.45, 7) is 1.83.